The van der Waals surface area contributed by atoms with Gasteiger partial charge in [-0.15, -0.1) is 0 Å². The Morgan fingerprint density at radius 1 is 1.36 bits per heavy atom. The highest BCUT2D eigenvalue weighted by Gasteiger charge is 2.25. The molecule has 1 nitrogen and oxygen atoms in total. The monoisotopic (exact) mass is 190 g/mol. The third-order valence-electron chi connectivity index (χ3n) is 3.38. The molecule has 0 amide bonds. The van der Waals surface area contributed by atoms with E-state index < -0.39 is 0 Å². The van der Waals surface area contributed by atoms with Crippen LogP contribution in [0.4, 0.5) is 0 Å². The molecule has 1 atom stereocenters. The van der Waals surface area contributed by atoms with E-state index in [2.05, 4.69) is 31.2 Å². The average molecular weight is 190 g/mol. The zero-order valence-electron chi connectivity index (χ0n) is 8.74. The van der Waals surface area contributed by atoms with E-state index in [4.69, 9.17) is 0 Å². The van der Waals surface area contributed by atoms with Gasteiger partial charge in [-0.05, 0) is 43.2 Å². The van der Waals surface area contributed by atoms with Gasteiger partial charge < -0.3 is 5.11 Å². The molecule has 0 aliphatic heterocycles. The van der Waals surface area contributed by atoms with Crippen LogP contribution in [0.1, 0.15) is 30.4 Å². The lowest BCUT2D eigenvalue weighted by molar-refractivity contribution is 0.0629. The van der Waals surface area contributed by atoms with E-state index in [1.54, 1.807) is 0 Å². The molecule has 1 aromatic carbocycles. The van der Waals surface area contributed by atoms with E-state index >= 15 is 0 Å². The van der Waals surface area contributed by atoms with Crippen LogP contribution in [0.2, 0.25) is 0 Å². The van der Waals surface area contributed by atoms with E-state index in [0.717, 1.165) is 6.42 Å². The van der Waals surface area contributed by atoms with Gasteiger partial charge in [0.2, 0.25) is 0 Å². The molecule has 1 aromatic rings. The van der Waals surface area contributed by atoms with E-state index in [1.165, 1.54) is 30.4 Å². The van der Waals surface area contributed by atoms with Crippen LogP contribution < -0.4 is 0 Å². The summed E-state index contributed by atoms with van der Waals surface area (Å²) in [5.74, 6) is 0.564. The molecule has 1 fully saturated rings. The molecule has 0 spiro atoms. The van der Waals surface area contributed by atoms with Crippen molar-refractivity contribution in [3.05, 3.63) is 35.4 Å². The Morgan fingerprint density at radius 2 is 2.07 bits per heavy atom. The first-order chi connectivity index (χ1) is 6.77. The van der Waals surface area contributed by atoms with Gasteiger partial charge in [0.05, 0.1) is 6.10 Å². The second-order valence-electron chi connectivity index (χ2n) is 4.39. The summed E-state index contributed by atoms with van der Waals surface area (Å²) in [5.41, 5.74) is 2.60. The van der Waals surface area contributed by atoms with Crippen molar-refractivity contribution in [3.8, 4) is 0 Å². The molecule has 0 bridgehead atoms. The lowest BCUT2D eigenvalue weighted by Crippen LogP contribution is -2.28. The maximum atomic E-state index is 9.95. The number of aryl methyl sites for hydroxylation is 1. The second kappa shape index (κ2) is 4.14. The van der Waals surface area contributed by atoms with Gasteiger partial charge in [-0.1, -0.05) is 30.7 Å². The summed E-state index contributed by atoms with van der Waals surface area (Å²) in [6, 6.07) is 8.34. The molecule has 1 saturated carbocycles. The summed E-state index contributed by atoms with van der Waals surface area (Å²) in [4.78, 5) is 0. The van der Waals surface area contributed by atoms with Crippen LogP contribution in [-0.4, -0.2) is 11.2 Å². The molecule has 0 radical (unpaired) electrons. The van der Waals surface area contributed by atoms with Crippen molar-refractivity contribution in [1.29, 1.82) is 0 Å². The summed E-state index contributed by atoms with van der Waals surface area (Å²) in [7, 11) is 0. The highest BCUT2D eigenvalue weighted by molar-refractivity contribution is 5.26. The van der Waals surface area contributed by atoms with E-state index in [-0.39, 0.29) is 6.10 Å². The third kappa shape index (κ3) is 1.98. The van der Waals surface area contributed by atoms with Gasteiger partial charge in [-0.2, -0.15) is 0 Å². The van der Waals surface area contributed by atoms with Gasteiger partial charge in [0, 0.05) is 0 Å². The summed E-state index contributed by atoms with van der Waals surface area (Å²) in [6.45, 7) is 2.11. The standard InChI is InChI=1S/C13H18O/c1-10-5-2-3-6-12(10)9-13(14)11-7-4-8-11/h2-3,5-6,11,13-14H,4,7-9H2,1H3. The Labute approximate surface area is 85.8 Å². The maximum absolute atomic E-state index is 9.95. The van der Waals surface area contributed by atoms with Crippen LogP contribution in [-0.2, 0) is 6.42 Å². The lowest BCUT2D eigenvalue weighted by atomic mass is 9.79. The van der Waals surface area contributed by atoms with E-state index in [0.29, 0.717) is 5.92 Å². The van der Waals surface area contributed by atoms with Crippen LogP contribution in [0.5, 0.6) is 0 Å². The average Bonchev–Trinajstić information content (AvgIpc) is 2.05. The topological polar surface area (TPSA) is 20.2 Å². The molecule has 1 aliphatic rings. The van der Waals surface area contributed by atoms with E-state index in [1.807, 2.05) is 0 Å². The highest BCUT2D eigenvalue weighted by atomic mass is 16.3. The molecule has 1 aliphatic carbocycles. The smallest absolute Gasteiger partial charge is 0.0608 e. The number of hydrogen-bond donors (Lipinski definition) is 1. The number of hydrogen-bond acceptors (Lipinski definition) is 1. The van der Waals surface area contributed by atoms with Crippen LogP contribution in [0.15, 0.2) is 24.3 Å². The minimum absolute atomic E-state index is 0.121. The SMILES string of the molecule is Cc1ccccc1CC(O)C1CCC1. The molecule has 76 valence electrons. The van der Waals surface area contributed by atoms with Gasteiger partial charge in [-0.25, -0.2) is 0 Å². The number of aliphatic hydroxyl groups is 1. The fraction of sp³-hybridized carbons (Fsp3) is 0.538. The molecular formula is C13H18O. The molecule has 0 aromatic heterocycles. The molecule has 1 N–H and O–H groups in total. The van der Waals surface area contributed by atoms with Crippen LogP contribution in [0.3, 0.4) is 0 Å². The van der Waals surface area contributed by atoms with Gasteiger partial charge in [0.1, 0.15) is 0 Å². The molecule has 2 rings (SSSR count). The Morgan fingerprint density at radius 3 is 2.64 bits per heavy atom. The fourth-order valence-corrected chi connectivity index (χ4v) is 2.06. The quantitative estimate of drug-likeness (QED) is 0.777. The van der Waals surface area contributed by atoms with E-state index in [9.17, 15) is 5.11 Å². The first-order valence-electron chi connectivity index (χ1n) is 5.50. The Kier molecular flexibility index (Phi) is 2.87. The first kappa shape index (κ1) is 9.72. The van der Waals surface area contributed by atoms with Crippen molar-refractivity contribution in [1.82, 2.24) is 0 Å². The van der Waals surface area contributed by atoms with Crippen molar-refractivity contribution in [2.45, 2.75) is 38.7 Å². The maximum Gasteiger partial charge on any atom is 0.0608 e. The largest absolute Gasteiger partial charge is 0.392 e. The number of rotatable bonds is 3. The summed E-state index contributed by atoms with van der Waals surface area (Å²) < 4.78 is 0. The first-order valence-corrected chi connectivity index (χ1v) is 5.50. The van der Waals surface area contributed by atoms with Crippen LogP contribution >= 0.6 is 0 Å². The molecule has 0 heterocycles. The normalized spacial score (nSPS) is 19.0. The second-order valence-corrected chi connectivity index (χ2v) is 4.39. The van der Waals surface area contributed by atoms with Crippen molar-refractivity contribution in [2.75, 3.05) is 0 Å². The van der Waals surface area contributed by atoms with Crippen molar-refractivity contribution in [3.63, 3.8) is 0 Å². The van der Waals surface area contributed by atoms with Crippen LogP contribution in [0.25, 0.3) is 0 Å². The summed E-state index contributed by atoms with van der Waals surface area (Å²) in [6.07, 6.45) is 4.44. The van der Waals surface area contributed by atoms with Crippen LogP contribution in [0, 0.1) is 12.8 Å². The lowest BCUT2D eigenvalue weighted by Gasteiger charge is -2.30. The van der Waals surface area contributed by atoms with Gasteiger partial charge in [0.15, 0.2) is 0 Å². The van der Waals surface area contributed by atoms with Gasteiger partial charge in [0.25, 0.3) is 0 Å². The number of benzene rings is 1. The van der Waals surface area contributed by atoms with Gasteiger partial charge in [-0.3, -0.25) is 0 Å². The third-order valence-corrected chi connectivity index (χ3v) is 3.38. The number of aliphatic hydroxyl groups excluding tert-OH is 1. The molecular weight excluding hydrogens is 172 g/mol. The Bertz CT molecular complexity index is 302. The Balaban J connectivity index is 1.99. The Hall–Kier alpha value is -0.820. The zero-order valence-corrected chi connectivity index (χ0v) is 8.74. The minimum atomic E-state index is -0.121. The van der Waals surface area contributed by atoms with Crippen molar-refractivity contribution >= 4 is 0 Å². The molecule has 0 saturated heterocycles. The molecule has 14 heavy (non-hydrogen) atoms. The zero-order chi connectivity index (χ0) is 9.97. The summed E-state index contributed by atoms with van der Waals surface area (Å²) in [5, 5.41) is 9.95. The highest BCUT2D eigenvalue weighted by Crippen LogP contribution is 2.31. The van der Waals surface area contributed by atoms with Crippen molar-refractivity contribution in [2.24, 2.45) is 5.92 Å². The predicted molar refractivity (Wildman–Crippen MR) is 58.2 cm³/mol. The molecule has 1 unspecified atom stereocenters. The van der Waals surface area contributed by atoms with Crippen molar-refractivity contribution < 1.29 is 5.11 Å². The summed E-state index contributed by atoms with van der Waals surface area (Å²) >= 11 is 0. The van der Waals surface area contributed by atoms with Gasteiger partial charge >= 0.3 is 0 Å². The fourth-order valence-electron chi connectivity index (χ4n) is 2.06. The molecule has 1 heteroatoms. The predicted octanol–water partition coefficient (Wildman–Crippen LogP) is 2.70. The minimum Gasteiger partial charge on any atom is -0.392 e.